The molecule has 1 unspecified atom stereocenters. The van der Waals surface area contributed by atoms with Gasteiger partial charge in [0, 0.05) is 25.1 Å². The van der Waals surface area contributed by atoms with E-state index < -0.39 is 21.5 Å². The Labute approximate surface area is 176 Å². The van der Waals surface area contributed by atoms with Crippen molar-refractivity contribution < 1.29 is 22.5 Å². The Balaban J connectivity index is 1.93. The van der Waals surface area contributed by atoms with Crippen molar-refractivity contribution in [1.29, 1.82) is 0 Å². The summed E-state index contributed by atoms with van der Waals surface area (Å²) in [5, 5.41) is 6.70. The summed E-state index contributed by atoms with van der Waals surface area (Å²) in [6.45, 7) is 7.50. The Morgan fingerprint density at radius 3 is 2.67 bits per heavy atom. The van der Waals surface area contributed by atoms with Crippen LogP contribution in [0.1, 0.15) is 62.1 Å². The first-order valence-corrected chi connectivity index (χ1v) is 11.3. The summed E-state index contributed by atoms with van der Waals surface area (Å²) in [7, 11) is -2.40. The topological polar surface area (TPSA) is 115 Å². The largest absolute Gasteiger partial charge is 0.495 e. The number of carbonyl (C=O) groups is 1. The van der Waals surface area contributed by atoms with E-state index >= 15 is 0 Å². The van der Waals surface area contributed by atoms with Crippen LogP contribution in [-0.2, 0) is 15.6 Å². The lowest BCUT2D eigenvalue weighted by Crippen LogP contribution is -2.43. The number of aryl methyl sites for hydroxylation is 1. The number of amides is 1. The summed E-state index contributed by atoms with van der Waals surface area (Å²) in [6, 6.07) is 4.29. The minimum Gasteiger partial charge on any atom is -0.495 e. The van der Waals surface area contributed by atoms with E-state index in [1.807, 2.05) is 6.92 Å². The molecule has 1 fully saturated rings. The fraction of sp³-hybridized carbons (Fsp3) is 0.550. The van der Waals surface area contributed by atoms with Crippen LogP contribution in [0.4, 0.5) is 0 Å². The molecule has 1 atom stereocenters. The van der Waals surface area contributed by atoms with Crippen molar-refractivity contribution in [3.63, 3.8) is 0 Å². The SMILES string of the molecule is COc1ccc(C(=O)NC(C)(C)c2noc(C)n2)cc1S(=O)(=O)N1CCCCC1C. The molecule has 1 aromatic carbocycles. The van der Waals surface area contributed by atoms with Gasteiger partial charge in [-0.15, -0.1) is 0 Å². The van der Waals surface area contributed by atoms with Crippen LogP contribution in [0.15, 0.2) is 27.6 Å². The van der Waals surface area contributed by atoms with E-state index in [1.165, 1.54) is 29.6 Å². The minimum absolute atomic E-state index is 0.0142. The first-order chi connectivity index (χ1) is 14.1. The molecule has 0 bridgehead atoms. The summed E-state index contributed by atoms with van der Waals surface area (Å²) >= 11 is 0. The van der Waals surface area contributed by atoms with Gasteiger partial charge < -0.3 is 14.6 Å². The number of carbonyl (C=O) groups excluding carboxylic acids is 1. The quantitative estimate of drug-likeness (QED) is 0.740. The molecule has 0 radical (unpaired) electrons. The van der Waals surface area contributed by atoms with Gasteiger partial charge in [0.25, 0.3) is 5.91 Å². The van der Waals surface area contributed by atoms with E-state index in [-0.39, 0.29) is 22.3 Å². The lowest BCUT2D eigenvalue weighted by Gasteiger charge is -2.32. The zero-order chi connectivity index (χ0) is 22.1. The number of methoxy groups -OCH3 is 1. The first-order valence-electron chi connectivity index (χ1n) is 9.89. The van der Waals surface area contributed by atoms with Crippen LogP contribution in [0, 0.1) is 6.92 Å². The van der Waals surface area contributed by atoms with Gasteiger partial charge in [-0.2, -0.15) is 9.29 Å². The molecule has 164 valence electrons. The van der Waals surface area contributed by atoms with Crippen molar-refractivity contribution >= 4 is 15.9 Å². The van der Waals surface area contributed by atoms with Gasteiger partial charge >= 0.3 is 0 Å². The van der Waals surface area contributed by atoms with E-state index in [1.54, 1.807) is 20.8 Å². The molecule has 30 heavy (non-hydrogen) atoms. The van der Waals surface area contributed by atoms with Gasteiger partial charge in [0.15, 0.2) is 5.82 Å². The van der Waals surface area contributed by atoms with Crippen LogP contribution in [0.5, 0.6) is 5.75 Å². The zero-order valence-electron chi connectivity index (χ0n) is 17.9. The standard InChI is InChI=1S/C20H28N4O5S/c1-13-8-6-7-11-24(13)30(26,27)17-12-15(9-10-16(17)28-5)18(25)22-20(3,4)19-21-14(2)29-23-19/h9-10,12-13H,6-8,11H2,1-5H3,(H,22,25). The molecule has 0 saturated carbocycles. The fourth-order valence-corrected chi connectivity index (χ4v) is 5.42. The molecule has 9 nitrogen and oxygen atoms in total. The Morgan fingerprint density at radius 2 is 2.07 bits per heavy atom. The number of hydrogen-bond acceptors (Lipinski definition) is 7. The van der Waals surface area contributed by atoms with E-state index in [4.69, 9.17) is 9.26 Å². The van der Waals surface area contributed by atoms with Crippen molar-refractivity contribution in [1.82, 2.24) is 19.8 Å². The lowest BCUT2D eigenvalue weighted by molar-refractivity contribution is 0.0907. The average molecular weight is 437 g/mol. The number of nitrogens with zero attached hydrogens (tertiary/aromatic N) is 3. The average Bonchev–Trinajstić information content (AvgIpc) is 3.14. The predicted molar refractivity (Wildman–Crippen MR) is 110 cm³/mol. The predicted octanol–water partition coefficient (Wildman–Crippen LogP) is 2.61. The van der Waals surface area contributed by atoms with Gasteiger partial charge in [-0.3, -0.25) is 4.79 Å². The van der Waals surface area contributed by atoms with Gasteiger partial charge in [-0.05, 0) is 51.8 Å². The molecule has 2 aromatic rings. The van der Waals surface area contributed by atoms with Gasteiger partial charge in [0.05, 0.1) is 12.6 Å². The van der Waals surface area contributed by atoms with Crippen molar-refractivity contribution in [2.45, 2.75) is 63.4 Å². The Hall–Kier alpha value is -2.46. The summed E-state index contributed by atoms with van der Waals surface area (Å²) in [6.07, 6.45) is 2.61. The van der Waals surface area contributed by atoms with E-state index in [0.717, 1.165) is 19.3 Å². The molecule has 1 N–H and O–H groups in total. The third-order valence-corrected chi connectivity index (χ3v) is 7.30. The number of sulfonamides is 1. The number of nitrogens with one attached hydrogen (secondary N) is 1. The number of ether oxygens (including phenoxy) is 1. The number of aromatic nitrogens is 2. The Morgan fingerprint density at radius 1 is 1.33 bits per heavy atom. The summed E-state index contributed by atoms with van der Waals surface area (Å²) < 4.78 is 38.5. The minimum atomic E-state index is -3.81. The molecule has 3 rings (SSSR count). The maximum atomic E-state index is 13.3. The van der Waals surface area contributed by atoms with E-state index in [2.05, 4.69) is 15.5 Å². The normalized spacial score (nSPS) is 18.2. The second-order valence-corrected chi connectivity index (χ2v) is 9.90. The van der Waals surface area contributed by atoms with Crippen LogP contribution in [0.25, 0.3) is 0 Å². The van der Waals surface area contributed by atoms with Crippen molar-refractivity contribution in [3.8, 4) is 5.75 Å². The van der Waals surface area contributed by atoms with Crippen molar-refractivity contribution in [2.75, 3.05) is 13.7 Å². The summed E-state index contributed by atoms with van der Waals surface area (Å²) in [5.41, 5.74) is -0.706. The molecule has 0 aliphatic carbocycles. The second kappa shape index (κ2) is 8.35. The molecular formula is C20H28N4O5S. The molecule has 1 aliphatic heterocycles. The van der Waals surface area contributed by atoms with Gasteiger partial charge in [-0.1, -0.05) is 11.6 Å². The maximum absolute atomic E-state index is 13.3. The number of benzene rings is 1. The number of piperidine rings is 1. The molecular weight excluding hydrogens is 408 g/mol. The lowest BCUT2D eigenvalue weighted by atomic mass is 10.0. The van der Waals surface area contributed by atoms with Gasteiger partial charge in [0.1, 0.15) is 10.6 Å². The highest BCUT2D eigenvalue weighted by Crippen LogP contribution is 2.32. The summed E-state index contributed by atoms with van der Waals surface area (Å²) in [5.74, 6) is 0.475. The molecule has 1 aromatic heterocycles. The summed E-state index contributed by atoms with van der Waals surface area (Å²) in [4.78, 5) is 17.1. The van der Waals surface area contributed by atoms with Crippen LogP contribution >= 0.6 is 0 Å². The monoisotopic (exact) mass is 436 g/mol. The smallest absolute Gasteiger partial charge is 0.252 e. The third-order valence-electron chi connectivity index (χ3n) is 5.27. The first kappa shape index (κ1) is 22.2. The molecule has 1 saturated heterocycles. The van der Waals surface area contributed by atoms with Crippen molar-refractivity contribution in [2.24, 2.45) is 0 Å². The zero-order valence-corrected chi connectivity index (χ0v) is 18.7. The maximum Gasteiger partial charge on any atom is 0.252 e. The Kier molecular flexibility index (Phi) is 6.19. The molecule has 0 spiro atoms. The number of rotatable bonds is 6. The second-order valence-electron chi connectivity index (χ2n) is 8.04. The molecule has 1 amide bonds. The van der Waals surface area contributed by atoms with Crippen LogP contribution in [0.3, 0.4) is 0 Å². The van der Waals surface area contributed by atoms with E-state index in [0.29, 0.717) is 18.3 Å². The van der Waals surface area contributed by atoms with Crippen molar-refractivity contribution in [3.05, 3.63) is 35.5 Å². The molecule has 10 heteroatoms. The van der Waals surface area contributed by atoms with Crippen LogP contribution < -0.4 is 10.1 Å². The molecule has 2 heterocycles. The van der Waals surface area contributed by atoms with E-state index in [9.17, 15) is 13.2 Å². The molecule has 1 aliphatic rings. The highest BCUT2D eigenvalue weighted by molar-refractivity contribution is 7.89. The highest BCUT2D eigenvalue weighted by atomic mass is 32.2. The fourth-order valence-electron chi connectivity index (χ4n) is 3.54. The highest BCUT2D eigenvalue weighted by Gasteiger charge is 2.34. The van der Waals surface area contributed by atoms with Crippen LogP contribution in [0.2, 0.25) is 0 Å². The Bertz CT molecular complexity index is 1030. The number of hydrogen-bond donors (Lipinski definition) is 1. The van der Waals surface area contributed by atoms with Crippen LogP contribution in [-0.4, -0.2) is 48.5 Å². The van der Waals surface area contributed by atoms with Gasteiger partial charge in [0.2, 0.25) is 15.9 Å². The van der Waals surface area contributed by atoms with Gasteiger partial charge in [-0.25, -0.2) is 8.42 Å². The third kappa shape index (κ3) is 4.34.